The summed E-state index contributed by atoms with van der Waals surface area (Å²) in [4.78, 5) is 10.7. The van der Waals surface area contributed by atoms with Gasteiger partial charge >= 0.3 is 5.82 Å². The third kappa shape index (κ3) is 9.34. The lowest BCUT2D eigenvalue weighted by molar-refractivity contribution is 0.180. The summed E-state index contributed by atoms with van der Waals surface area (Å²) in [6, 6.07) is 0. The van der Waals surface area contributed by atoms with Crippen LogP contribution in [-0.4, -0.2) is 0 Å². The van der Waals surface area contributed by atoms with Crippen molar-refractivity contribution in [1.29, 1.82) is 0 Å². The van der Waals surface area contributed by atoms with Crippen LogP contribution in [0.5, 0.6) is 0 Å². The molecule has 1 aliphatic rings. The second-order valence-corrected chi connectivity index (χ2v) is 8.87. The maximum Gasteiger partial charge on any atom is 0.519 e. The SMILES string of the molecule is C.C.CC(C)(C)C1CCCCC1.Cc1oc(=O)oc1CC(C)(C)C. The average molecular weight is 343 g/mol. The van der Waals surface area contributed by atoms with Gasteiger partial charge in [-0.1, -0.05) is 75.7 Å². The van der Waals surface area contributed by atoms with Crippen LogP contribution in [0.2, 0.25) is 0 Å². The van der Waals surface area contributed by atoms with Crippen molar-refractivity contribution in [2.45, 2.75) is 102 Å². The van der Waals surface area contributed by atoms with Crippen molar-refractivity contribution in [2.75, 3.05) is 0 Å². The molecule has 24 heavy (non-hydrogen) atoms. The molecule has 0 N–H and O–H groups in total. The van der Waals surface area contributed by atoms with Crippen molar-refractivity contribution in [2.24, 2.45) is 16.7 Å². The van der Waals surface area contributed by atoms with Crippen LogP contribution in [0.25, 0.3) is 0 Å². The molecule has 0 aliphatic heterocycles. The maximum atomic E-state index is 10.7. The van der Waals surface area contributed by atoms with E-state index in [2.05, 4.69) is 41.5 Å². The molecular weight excluding hydrogens is 300 g/mol. The van der Waals surface area contributed by atoms with Gasteiger partial charge in [0.15, 0.2) is 0 Å². The van der Waals surface area contributed by atoms with Gasteiger partial charge in [-0.2, -0.15) is 0 Å². The Bertz CT molecular complexity index is 488. The van der Waals surface area contributed by atoms with Gasteiger partial charge in [0.05, 0.1) is 0 Å². The first-order chi connectivity index (χ1) is 9.99. The van der Waals surface area contributed by atoms with Crippen LogP contribution in [0.4, 0.5) is 0 Å². The zero-order valence-corrected chi connectivity index (χ0v) is 15.5. The van der Waals surface area contributed by atoms with Crippen molar-refractivity contribution < 1.29 is 8.83 Å². The van der Waals surface area contributed by atoms with Gasteiger partial charge in [-0.25, -0.2) is 4.79 Å². The molecule has 2 rings (SSSR count). The predicted octanol–water partition coefficient (Wildman–Crippen LogP) is 7.01. The molecule has 3 nitrogen and oxygen atoms in total. The van der Waals surface area contributed by atoms with Crippen LogP contribution in [0.15, 0.2) is 13.6 Å². The van der Waals surface area contributed by atoms with Gasteiger partial charge in [0.25, 0.3) is 0 Å². The molecule has 1 fully saturated rings. The van der Waals surface area contributed by atoms with E-state index < -0.39 is 5.82 Å². The molecule has 1 saturated carbocycles. The summed E-state index contributed by atoms with van der Waals surface area (Å²) in [5, 5.41) is 0. The summed E-state index contributed by atoms with van der Waals surface area (Å²) in [7, 11) is 0. The predicted molar refractivity (Wildman–Crippen MR) is 105 cm³/mol. The van der Waals surface area contributed by atoms with Gasteiger partial charge in [-0.05, 0) is 36.5 Å². The number of aryl methyl sites for hydroxylation is 1. The smallest absolute Gasteiger partial charge is 0.396 e. The number of hydrogen-bond donors (Lipinski definition) is 0. The van der Waals surface area contributed by atoms with Gasteiger partial charge < -0.3 is 8.83 Å². The van der Waals surface area contributed by atoms with Gasteiger partial charge in [0, 0.05) is 6.42 Å². The summed E-state index contributed by atoms with van der Waals surface area (Å²) in [6.45, 7) is 15.1. The molecule has 1 heterocycles. The fourth-order valence-electron chi connectivity index (χ4n) is 2.99. The van der Waals surface area contributed by atoms with E-state index in [9.17, 15) is 4.79 Å². The Hall–Kier alpha value is -0.990. The van der Waals surface area contributed by atoms with E-state index in [4.69, 9.17) is 8.83 Å². The maximum absolute atomic E-state index is 10.7. The molecule has 0 saturated heterocycles. The van der Waals surface area contributed by atoms with Crippen molar-refractivity contribution >= 4 is 0 Å². The minimum atomic E-state index is -0.605. The molecule has 1 aliphatic carbocycles. The first-order valence-electron chi connectivity index (χ1n) is 8.58. The lowest BCUT2D eigenvalue weighted by Crippen LogP contribution is -2.22. The highest BCUT2D eigenvalue weighted by Crippen LogP contribution is 2.37. The summed E-state index contributed by atoms with van der Waals surface area (Å²) in [6.07, 6.45) is 8.11. The van der Waals surface area contributed by atoms with Crippen molar-refractivity contribution in [3.8, 4) is 0 Å². The Kier molecular flexibility index (Phi) is 10.6. The fraction of sp³-hybridized carbons (Fsp3) is 0.857. The zero-order chi connectivity index (χ0) is 17.0. The quantitative estimate of drug-likeness (QED) is 0.551. The Balaban J connectivity index is 0. The Morgan fingerprint density at radius 3 is 1.71 bits per heavy atom. The highest BCUT2D eigenvalue weighted by Gasteiger charge is 2.25. The fourth-order valence-corrected chi connectivity index (χ4v) is 2.99. The van der Waals surface area contributed by atoms with Crippen LogP contribution < -0.4 is 5.82 Å². The van der Waals surface area contributed by atoms with E-state index in [1.165, 1.54) is 32.1 Å². The van der Waals surface area contributed by atoms with Gasteiger partial charge in [-0.15, -0.1) is 0 Å². The van der Waals surface area contributed by atoms with E-state index in [1.807, 2.05) is 0 Å². The van der Waals surface area contributed by atoms with E-state index in [-0.39, 0.29) is 20.3 Å². The van der Waals surface area contributed by atoms with E-state index in [0.29, 0.717) is 16.9 Å². The summed E-state index contributed by atoms with van der Waals surface area (Å²) < 4.78 is 9.61. The van der Waals surface area contributed by atoms with E-state index >= 15 is 0 Å². The number of rotatable bonds is 1. The first kappa shape index (κ1) is 25.3. The summed E-state index contributed by atoms with van der Waals surface area (Å²) >= 11 is 0. The molecule has 0 radical (unpaired) electrons. The molecule has 1 aromatic heterocycles. The van der Waals surface area contributed by atoms with Crippen molar-refractivity contribution in [1.82, 2.24) is 0 Å². The van der Waals surface area contributed by atoms with Gasteiger partial charge in [0.2, 0.25) is 0 Å². The van der Waals surface area contributed by atoms with Crippen LogP contribution >= 0.6 is 0 Å². The third-order valence-electron chi connectivity index (χ3n) is 4.36. The summed E-state index contributed by atoms with van der Waals surface area (Å²) in [5.41, 5.74) is 0.686. The molecule has 0 spiro atoms. The molecule has 0 unspecified atom stereocenters. The molecule has 144 valence electrons. The first-order valence-corrected chi connectivity index (χ1v) is 8.58. The van der Waals surface area contributed by atoms with Crippen LogP contribution in [0, 0.1) is 23.7 Å². The third-order valence-corrected chi connectivity index (χ3v) is 4.36. The molecular formula is C21H42O3. The highest BCUT2D eigenvalue weighted by molar-refractivity contribution is 5.02. The molecule has 3 heteroatoms. The van der Waals surface area contributed by atoms with Crippen molar-refractivity contribution in [3.63, 3.8) is 0 Å². The monoisotopic (exact) mass is 342 g/mol. The number of hydrogen-bond acceptors (Lipinski definition) is 3. The molecule has 0 aromatic carbocycles. The minimum absolute atomic E-state index is 0. The topological polar surface area (TPSA) is 43.4 Å². The molecule has 0 bridgehead atoms. The van der Waals surface area contributed by atoms with E-state index in [1.54, 1.807) is 6.92 Å². The second kappa shape index (κ2) is 10.1. The second-order valence-electron chi connectivity index (χ2n) is 8.87. The van der Waals surface area contributed by atoms with Crippen LogP contribution in [-0.2, 0) is 6.42 Å². The minimum Gasteiger partial charge on any atom is -0.396 e. The normalized spacial score (nSPS) is 15.6. The lowest BCUT2D eigenvalue weighted by atomic mass is 9.72. The Morgan fingerprint density at radius 2 is 1.42 bits per heavy atom. The standard InChI is InChI=1S/C10H20.C9H14O3.2CH4/c1-10(2,3)9-7-5-4-6-8-9;1-6-7(5-9(2,3)4)12-8(10)11-6;;/h9H,4-8H2,1-3H3;5H2,1-4H3;2*1H4. The highest BCUT2D eigenvalue weighted by atomic mass is 16.6. The van der Waals surface area contributed by atoms with Crippen LogP contribution in [0.3, 0.4) is 0 Å². The van der Waals surface area contributed by atoms with Gasteiger partial charge in [0.1, 0.15) is 11.5 Å². The Morgan fingerprint density at radius 1 is 0.917 bits per heavy atom. The molecule has 0 atom stereocenters. The largest absolute Gasteiger partial charge is 0.519 e. The zero-order valence-electron chi connectivity index (χ0n) is 15.5. The van der Waals surface area contributed by atoms with E-state index in [0.717, 1.165) is 12.3 Å². The van der Waals surface area contributed by atoms with Crippen molar-refractivity contribution in [3.05, 3.63) is 22.1 Å². The average Bonchev–Trinajstić information content (AvgIpc) is 2.66. The Labute approximate surface area is 150 Å². The lowest BCUT2D eigenvalue weighted by Gasteiger charge is -2.33. The van der Waals surface area contributed by atoms with Gasteiger partial charge in [-0.3, -0.25) is 0 Å². The molecule has 0 amide bonds. The molecule has 1 aromatic rings. The van der Waals surface area contributed by atoms with Crippen LogP contribution in [0.1, 0.15) is 100 Å². The summed E-state index contributed by atoms with van der Waals surface area (Å²) in [5.74, 6) is 1.65.